The summed E-state index contributed by atoms with van der Waals surface area (Å²) in [5, 5.41) is 0.731. The van der Waals surface area contributed by atoms with Gasteiger partial charge in [0.15, 0.2) is 0 Å². The van der Waals surface area contributed by atoms with Gasteiger partial charge in [-0.2, -0.15) is 0 Å². The second-order valence-electron chi connectivity index (χ2n) is 6.34. The van der Waals surface area contributed by atoms with Gasteiger partial charge in [-0.1, -0.05) is 56.7 Å². The first-order valence-electron chi connectivity index (χ1n) is 8.24. The van der Waals surface area contributed by atoms with Crippen molar-refractivity contribution in [2.75, 3.05) is 7.11 Å². The normalized spacial score (nSPS) is 23.8. The summed E-state index contributed by atoms with van der Waals surface area (Å²) in [5.74, 6) is 2.27. The fraction of sp³-hybridized carbons (Fsp3) is 0.667. The molecule has 0 saturated heterocycles. The summed E-state index contributed by atoms with van der Waals surface area (Å²) in [4.78, 5) is 0. The maximum absolute atomic E-state index is 6.48. The minimum atomic E-state index is 0.0514. The molecule has 21 heavy (non-hydrogen) atoms. The van der Waals surface area contributed by atoms with E-state index < -0.39 is 0 Å². The van der Waals surface area contributed by atoms with Gasteiger partial charge in [-0.05, 0) is 42.4 Å². The van der Waals surface area contributed by atoms with Crippen LogP contribution in [0.1, 0.15) is 63.5 Å². The molecular weight excluding hydrogens is 282 g/mol. The van der Waals surface area contributed by atoms with E-state index in [4.69, 9.17) is 22.1 Å². The third kappa shape index (κ3) is 4.37. The van der Waals surface area contributed by atoms with Gasteiger partial charge in [0.1, 0.15) is 5.75 Å². The van der Waals surface area contributed by atoms with Crippen LogP contribution in [0.2, 0.25) is 5.02 Å². The molecule has 1 saturated carbocycles. The highest BCUT2D eigenvalue weighted by atomic mass is 35.5. The van der Waals surface area contributed by atoms with E-state index in [2.05, 4.69) is 6.92 Å². The lowest BCUT2D eigenvalue weighted by molar-refractivity contribution is 0.232. The first-order chi connectivity index (χ1) is 10.2. The Balaban J connectivity index is 1.94. The molecule has 1 aromatic carbocycles. The van der Waals surface area contributed by atoms with Crippen LogP contribution in [0.4, 0.5) is 0 Å². The second-order valence-corrected chi connectivity index (χ2v) is 6.74. The molecule has 0 radical (unpaired) electrons. The zero-order valence-corrected chi connectivity index (χ0v) is 14.0. The monoisotopic (exact) mass is 309 g/mol. The van der Waals surface area contributed by atoms with Crippen LogP contribution in [-0.4, -0.2) is 7.11 Å². The number of hydrogen-bond acceptors (Lipinski definition) is 2. The Morgan fingerprint density at radius 2 is 2.00 bits per heavy atom. The van der Waals surface area contributed by atoms with E-state index in [1.54, 1.807) is 7.11 Å². The van der Waals surface area contributed by atoms with Crippen molar-refractivity contribution in [2.45, 2.75) is 57.9 Å². The van der Waals surface area contributed by atoms with E-state index in [1.165, 1.54) is 44.9 Å². The van der Waals surface area contributed by atoms with Crippen LogP contribution in [0.15, 0.2) is 18.2 Å². The van der Waals surface area contributed by atoms with Crippen molar-refractivity contribution < 1.29 is 4.74 Å². The Morgan fingerprint density at radius 1 is 1.29 bits per heavy atom. The summed E-state index contributed by atoms with van der Waals surface area (Å²) in [6.45, 7) is 2.27. The van der Waals surface area contributed by atoms with Crippen LogP contribution >= 0.6 is 11.6 Å². The Hall–Kier alpha value is -0.730. The Labute approximate surface area is 134 Å². The van der Waals surface area contributed by atoms with E-state index in [0.717, 1.165) is 22.3 Å². The van der Waals surface area contributed by atoms with Gasteiger partial charge in [-0.25, -0.2) is 0 Å². The van der Waals surface area contributed by atoms with Crippen LogP contribution < -0.4 is 10.5 Å². The molecule has 0 bridgehead atoms. The predicted octanol–water partition coefficient (Wildman–Crippen LogP) is 5.35. The molecule has 1 atom stereocenters. The van der Waals surface area contributed by atoms with Gasteiger partial charge in [-0.15, -0.1) is 0 Å². The molecule has 1 aromatic rings. The molecule has 2 N–H and O–H groups in total. The van der Waals surface area contributed by atoms with Crippen molar-refractivity contribution in [3.05, 3.63) is 28.8 Å². The van der Waals surface area contributed by atoms with Gasteiger partial charge in [0.25, 0.3) is 0 Å². The number of benzene rings is 1. The molecule has 0 aromatic heterocycles. The standard InChI is InChI=1S/C18H28ClNO/c1-3-4-5-13-6-8-14(9-7-13)18(20)16-11-10-15(21-2)12-17(16)19/h10-14,18H,3-9,20H2,1-2H3. The summed E-state index contributed by atoms with van der Waals surface area (Å²) in [5.41, 5.74) is 7.55. The number of halogens is 1. The van der Waals surface area contributed by atoms with Gasteiger partial charge in [0.05, 0.1) is 7.11 Å². The van der Waals surface area contributed by atoms with Crippen molar-refractivity contribution in [3.63, 3.8) is 0 Å². The van der Waals surface area contributed by atoms with E-state index in [0.29, 0.717) is 5.92 Å². The zero-order chi connectivity index (χ0) is 15.2. The van der Waals surface area contributed by atoms with Crippen molar-refractivity contribution >= 4 is 11.6 Å². The third-order valence-corrected chi connectivity index (χ3v) is 5.26. The average molecular weight is 310 g/mol. The second kappa shape index (κ2) is 8.05. The quantitative estimate of drug-likeness (QED) is 0.769. The summed E-state index contributed by atoms with van der Waals surface area (Å²) in [6.07, 6.45) is 9.18. The predicted molar refractivity (Wildman–Crippen MR) is 89.9 cm³/mol. The summed E-state index contributed by atoms with van der Waals surface area (Å²) >= 11 is 6.36. The molecule has 118 valence electrons. The fourth-order valence-electron chi connectivity index (χ4n) is 3.49. The number of ether oxygens (including phenoxy) is 1. The molecule has 2 nitrogen and oxygen atoms in total. The molecule has 0 spiro atoms. The SMILES string of the molecule is CCCCC1CCC(C(N)c2ccc(OC)cc2Cl)CC1. The van der Waals surface area contributed by atoms with Gasteiger partial charge < -0.3 is 10.5 Å². The maximum atomic E-state index is 6.48. The molecule has 1 fully saturated rings. The van der Waals surface area contributed by atoms with Crippen LogP contribution in [-0.2, 0) is 0 Å². The molecular formula is C18H28ClNO. The molecule has 1 unspecified atom stereocenters. The van der Waals surface area contributed by atoms with Crippen LogP contribution in [0, 0.1) is 11.8 Å². The first-order valence-corrected chi connectivity index (χ1v) is 8.62. The van der Waals surface area contributed by atoms with Crippen molar-refractivity contribution in [3.8, 4) is 5.75 Å². The molecule has 1 aliphatic rings. The zero-order valence-electron chi connectivity index (χ0n) is 13.3. The highest BCUT2D eigenvalue weighted by Gasteiger charge is 2.27. The Bertz CT molecular complexity index is 441. The van der Waals surface area contributed by atoms with E-state index in [9.17, 15) is 0 Å². The lowest BCUT2D eigenvalue weighted by Crippen LogP contribution is -2.26. The lowest BCUT2D eigenvalue weighted by atomic mass is 9.75. The van der Waals surface area contributed by atoms with E-state index >= 15 is 0 Å². The third-order valence-electron chi connectivity index (χ3n) is 4.93. The lowest BCUT2D eigenvalue weighted by Gasteiger charge is -2.32. The summed E-state index contributed by atoms with van der Waals surface area (Å²) < 4.78 is 5.20. The van der Waals surface area contributed by atoms with Crippen LogP contribution in [0.3, 0.4) is 0 Å². The largest absolute Gasteiger partial charge is 0.497 e. The Morgan fingerprint density at radius 3 is 2.57 bits per heavy atom. The smallest absolute Gasteiger partial charge is 0.120 e. The number of nitrogens with two attached hydrogens (primary N) is 1. The summed E-state index contributed by atoms with van der Waals surface area (Å²) in [7, 11) is 1.66. The molecule has 2 rings (SSSR count). The van der Waals surface area contributed by atoms with Gasteiger partial charge >= 0.3 is 0 Å². The number of hydrogen-bond donors (Lipinski definition) is 1. The van der Waals surface area contributed by atoms with Crippen molar-refractivity contribution in [1.29, 1.82) is 0 Å². The van der Waals surface area contributed by atoms with Gasteiger partial charge in [0.2, 0.25) is 0 Å². The molecule has 0 aliphatic heterocycles. The van der Waals surface area contributed by atoms with Crippen molar-refractivity contribution in [1.82, 2.24) is 0 Å². The van der Waals surface area contributed by atoms with Gasteiger partial charge in [-0.3, -0.25) is 0 Å². The molecule has 0 amide bonds. The van der Waals surface area contributed by atoms with Crippen LogP contribution in [0.5, 0.6) is 5.75 Å². The highest BCUT2D eigenvalue weighted by Crippen LogP contribution is 2.39. The number of rotatable bonds is 6. The highest BCUT2D eigenvalue weighted by molar-refractivity contribution is 6.31. The van der Waals surface area contributed by atoms with E-state index in [1.807, 2.05) is 18.2 Å². The Kier molecular flexibility index (Phi) is 6.38. The number of unbranched alkanes of at least 4 members (excludes halogenated alkanes) is 1. The minimum Gasteiger partial charge on any atom is -0.497 e. The summed E-state index contributed by atoms with van der Waals surface area (Å²) in [6, 6.07) is 5.89. The average Bonchev–Trinajstić information content (AvgIpc) is 2.52. The molecule has 1 aliphatic carbocycles. The first kappa shape index (κ1) is 16.6. The topological polar surface area (TPSA) is 35.2 Å². The fourth-order valence-corrected chi connectivity index (χ4v) is 3.78. The number of methoxy groups -OCH3 is 1. The minimum absolute atomic E-state index is 0.0514. The molecule has 3 heteroatoms. The maximum Gasteiger partial charge on any atom is 0.120 e. The van der Waals surface area contributed by atoms with Gasteiger partial charge in [0, 0.05) is 11.1 Å². The van der Waals surface area contributed by atoms with Crippen LogP contribution in [0.25, 0.3) is 0 Å². The molecule has 0 heterocycles. The van der Waals surface area contributed by atoms with Crippen molar-refractivity contribution in [2.24, 2.45) is 17.6 Å². The van der Waals surface area contributed by atoms with E-state index in [-0.39, 0.29) is 6.04 Å².